The second-order valence-corrected chi connectivity index (χ2v) is 9.40. The highest BCUT2D eigenvalue weighted by Crippen LogP contribution is 2.40. The number of benzene rings is 3. The maximum atomic E-state index is 4.76. The molecular formula is C33H34N2. The Morgan fingerprint density at radius 3 is 2.14 bits per heavy atom. The third kappa shape index (κ3) is 4.83. The van der Waals surface area contributed by atoms with Crippen LogP contribution in [0.25, 0.3) is 33.8 Å². The second-order valence-electron chi connectivity index (χ2n) is 9.40. The topological polar surface area (TPSA) is 17.8 Å². The van der Waals surface area contributed by atoms with E-state index in [1.165, 1.54) is 27.9 Å². The van der Waals surface area contributed by atoms with Crippen LogP contribution in [-0.4, -0.2) is 9.55 Å². The van der Waals surface area contributed by atoms with Gasteiger partial charge in [0.15, 0.2) is 0 Å². The molecule has 3 aromatic carbocycles. The first-order valence-electron chi connectivity index (χ1n) is 12.3. The number of rotatable bonds is 8. The van der Waals surface area contributed by atoms with E-state index in [1.807, 2.05) is 24.4 Å². The van der Waals surface area contributed by atoms with Gasteiger partial charge in [0.25, 0.3) is 0 Å². The van der Waals surface area contributed by atoms with Crippen molar-refractivity contribution in [1.82, 2.24) is 9.55 Å². The molecule has 0 unspecified atom stereocenters. The Kier molecular flexibility index (Phi) is 7.31. The van der Waals surface area contributed by atoms with Gasteiger partial charge in [-0.1, -0.05) is 126 Å². The molecule has 0 bridgehead atoms. The van der Waals surface area contributed by atoms with Crippen molar-refractivity contribution in [2.24, 2.45) is 0 Å². The van der Waals surface area contributed by atoms with E-state index in [0.29, 0.717) is 11.8 Å². The molecule has 0 atom stereocenters. The van der Waals surface area contributed by atoms with Crippen molar-refractivity contribution >= 4 is 5.57 Å². The van der Waals surface area contributed by atoms with Crippen LogP contribution in [0.4, 0.5) is 0 Å². The van der Waals surface area contributed by atoms with Crippen LogP contribution in [0.5, 0.6) is 0 Å². The Bertz CT molecular complexity index is 1350. The van der Waals surface area contributed by atoms with Crippen molar-refractivity contribution in [3.63, 3.8) is 0 Å². The number of hydrogen-bond donors (Lipinski definition) is 0. The van der Waals surface area contributed by atoms with Crippen LogP contribution >= 0.6 is 0 Å². The SMILES string of the molecule is C=C/C=C(\C=C)c1ccc(-c2ccc(C(C)C)c(-n3ccnc3-c3ccccc3)c2C(C)C)cc1. The highest BCUT2D eigenvalue weighted by molar-refractivity contribution is 5.79. The molecule has 2 heteroatoms. The molecular weight excluding hydrogens is 424 g/mol. The minimum atomic E-state index is 0.328. The Morgan fingerprint density at radius 2 is 1.54 bits per heavy atom. The molecule has 0 spiro atoms. The normalized spacial score (nSPS) is 11.8. The summed E-state index contributed by atoms with van der Waals surface area (Å²) in [7, 11) is 0. The van der Waals surface area contributed by atoms with Crippen LogP contribution in [0.1, 0.15) is 56.2 Å². The molecule has 0 aliphatic rings. The summed E-state index contributed by atoms with van der Waals surface area (Å²) < 4.78 is 2.28. The summed E-state index contributed by atoms with van der Waals surface area (Å²) >= 11 is 0. The van der Waals surface area contributed by atoms with Crippen molar-refractivity contribution in [2.75, 3.05) is 0 Å². The van der Waals surface area contributed by atoms with E-state index < -0.39 is 0 Å². The molecule has 0 radical (unpaired) electrons. The molecule has 1 aromatic heterocycles. The highest BCUT2D eigenvalue weighted by Gasteiger charge is 2.22. The Balaban J connectivity index is 1.94. The molecule has 176 valence electrons. The highest BCUT2D eigenvalue weighted by atomic mass is 15.1. The van der Waals surface area contributed by atoms with Crippen LogP contribution in [0.15, 0.2) is 111 Å². The van der Waals surface area contributed by atoms with Crippen LogP contribution in [0.2, 0.25) is 0 Å². The molecule has 0 saturated carbocycles. The van der Waals surface area contributed by atoms with E-state index >= 15 is 0 Å². The summed E-state index contributed by atoms with van der Waals surface area (Å²) in [6, 6.07) is 23.8. The first-order valence-corrected chi connectivity index (χ1v) is 12.3. The van der Waals surface area contributed by atoms with Gasteiger partial charge in [-0.3, -0.25) is 4.57 Å². The quantitative estimate of drug-likeness (QED) is 0.241. The van der Waals surface area contributed by atoms with Gasteiger partial charge < -0.3 is 0 Å². The molecule has 1 heterocycles. The third-order valence-corrected chi connectivity index (χ3v) is 6.41. The van der Waals surface area contributed by atoms with Crippen molar-refractivity contribution < 1.29 is 0 Å². The number of aromatic nitrogens is 2. The smallest absolute Gasteiger partial charge is 0.144 e. The summed E-state index contributed by atoms with van der Waals surface area (Å²) in [5.41, 5.74) is 9.68. The standard InChI is InChI=1S/C33H34N2/c1-7-12-25(8-2)26-15-17-27(18-16-26)30-20-19-29(23(3)4)32(31(30)24(5)6)35-22-21-34-33(35)28-13-10-9-11-14-28/h7-24H,1-2H2,3-6H3/b25-12+. The fourth-order valence-corrected chi connectivity index (χ4v) is 4.73. The average molecular weight is 459 g/mol. The zero-order valence-electron chi connectivity index (χ0n) is 21.2. The Labute approximate surface area is 210 Å². The number of allylic oxidation sites excluding steroid dienone is 4. The van der Waals surface area contributed by atoms with E-state index in [2.05, 4.69) is 112 Å². The zero-order valence-corrected chi connectivity index (χ0v) is 21.2. The van der Waals surface area contributed by atoms with E-state index in [-0.39, 0.29) is 0 Å². The van der Waals surface area contributed by atoms with Gasteiger partial charge in [0.1, 0.15) is 5.82 Å². The fraction of sp³-hybridized carbons (Fsp3) is 0.182. The summed E-state index contributed by atoms with van der Waals surface area (Å²) in [6.07, 6.45) is 9.66. The Hall–Kier alpha value is -3.91. The first kappa shape index (κ1) is 24.2. The predicted octanol–water partition coefficient (Wildman–Crippen LogP) is 9.21. The van der Waals surface area contributed by atoms with Crippen molar-refractivity contribution in [2.45, 2.75) is 39.5 Å². The number of hydrogen-bond acceptors (Lipinski definition) is 1. The lowest BCUT2D eigenvalue weighted by molar-refractivity contribution is 0.808. The van der Waals surface area contributed by atoms with E-state index in [9.17, 15) is 0 Å². The van der Waals surface area contributed by atoms with E-state index in [4.69, 9.17) is 4.98 Å². The summed E-state index contributed by atoms with van der Waals surface area (Å²) in [6.45, 7) is 16.9. The van der Waals surface area contributed by atoms with Crippen LogP contribution in [-0.2, 0) is 0 Å². The largest absolute Gasteiger partial charge is 0.299 e. The molecule has 0 aliphatic heterocycles. The van der Waals surface area contributed by atoms with Gasteiger partial charge in [0.2, 0.25) is 0 Å². The number of imidazole rings is 1. The maximum Gasteiger partial charge on any atom is 0.144 e. The molecule has 4 rings (SSSR count). The number of nitrogens with zero attached hydrogens (tertiary/aromatic N) is 2. The molecule has 0 fully saturated rings. The lowest BCUT2D eigenvalue weighted by Gasteiger charge is -2.25. The Morgan fingerprint density at radius 1 is 0.829 bits per heavy atom. The van der Waals surface area contributed by atoms with Gasteiger partial charge in [-0.15, -0.1) is 0 Å². The van der Waals surface area contributed by atoms with Gasteiger partial charge in [-0.25, -0.2) is 4.98 Å². The molecule has 0 saturated heterocycles. The zero-order chi connectivity index (χ0) is 24.9. The van der Waals surface area contributed by atoms with E-state index in [0.717, 1.165) is 22.5 Å². The van der Waals surface area contributed by atoms with Gasteiger partial charge in [-0.2, -0.15) is 0 Å². The van der Waals surface area contributed by atoms with Crippen LogP contribution in [0, 0.1) is 0 Å². The van der Waals surface area contributed by atoms with Crippen molar-refractivity contribution in [3.8, 4) is 28.2 Å². The van der Waals surface area contributed by atoms with Gasteiger partial charge in [0, 0.05) is 18.0 Å². The van der Waals surface area contributed by atoms with Crippen LogP contribution < -0.4 is 0 Å². The summed E-state index contributed by atoms with van der Waals surface area (Å²) in [5.74, 6) is 1.67. The summed E-state index contributed by atoms with van der Waals surface area (Å²) in [4.78, 5) is 4.76. The molecule has 2 nitrogen and oxygen atoms in total. The predicted molar refractivity (Wildman–Crippen MR) is 151 cm³/mol. The van der Waals surface area contributed by atoms with Crippen molar-refractivity contribution in [1.29, 1.82) is 0 Å². The molecule has 0 amide bonds. The summed E-state index contributed by atoms with van der Waals surface area (Å²) in [5, 5.41) is 0. The third-order valence-electron chi connectivity index (χ3n) is 6.41. The minimum Gasteiger partial charge on any atom is -0.299 e. The monoisotopic (exact) mass is 458 g/mol. The van der Waals surface area contributed by atoms with Crippen molar-refractivity contribution in [3.05, 3.63) is 127 Å². The average Bonchev–Trinajstić information content (AvgIpc) is 3.36. The fourth-order valence-electron chi connectivity index (χ4n) is 4.73. The van der Waals surface area contributed by atoms with Gasteiger partial charge in [-0.05, 0) is 45.2 Å². The lowest BCUT2D eigenvalue weighted by atomic mass is 9.85. The molecule has 0 N–H and O–H groups in total. The van der Waals surface area contributed by atoms with Crippen LogP contribution in [0.3, 0.4) is 0 Å². The maximum absolute atomic E-state index is 4.76. The molecule has 4 aromatic rings. The van der Waals surface area contributed by atoms with E-state index in [1.54, 1.807) is 6.08 Å². The van der Waals surface area contributed by atoms with Gasteiger partial charge in [0.05, 0.1) is 5.69 Å². The molecule has 35 heavy (non-hydrogen) atoms. The minimum absolute atomic E-state index is 0.328. The first-order chi connectivity index (χ1) is 17.0. The lowest BCUT2D eigenvalue weighted by Crippen LogP contribution is -2.09. The van der Waals surface area contributed by atoms with Gasteiger partial charge >= 0.3 is 0 Å². The second kappa shape index (κ2) is 10.6. The molecule has 0 aliphatic carbocycles.